The largest absolute Gasteiger partial charge is 0.394 e. The van der Waals surface area contributed by atoms with E-state index >= 15 is 0 Å². The summed E-state index contributed by atoms with van der Waals surface area (Å²) in [6, 6.07) is -8.33. The molecule has 6 aliphatic rings. The first-order valence-corrected chi connectivity index (χ1v) is 26.3. The lowest BCUT2D eigenvalue weighted by molar-refractivity contribution is -0.369. The highest BCUT2D eigenvalue weighted by Crippen LogP contribution is 2.37. The molecule has 30 unspecified atom stereocenters. The summed E-state index contributed by atoms with van der Waals surface area (Å²) in [5.41, 5.74) is 0. The summed E-state index contributed by atoms with van der Waals surface area (Å²) in [6.45, 7) is 2.04. The summed E-state index contributed by atoms with van der Waals surface area (Å²) in [5, 5.41) is 163. The second-order valence-electron chi connectivity index (χ2n) is 20.9. The van der Waals surface area contributed by atoms with Crippen molar-refractivity contribution >= 4 is 29.5 Å². The Hall–Kier alpha value is -3.65. The van der Waals surface area contributed by atoms with Crippen molar-refractivity contribution in [2.75, 3.05) is 40.1 Å². The first-order chi connectivity index (χ1) is 38.6. The van der Waals surface area contributed by atoms with Gasteiger partial charge in [0.05, 0.1) is 39.1 Å². The van der Waals surface area contributed by atoms with E-state index < -0.39 is 246 Å². The smallest absolute Gasteiger partial charge is 0.219 e. The minimum absolute atomic E-state index is 0.635. The van der Waals surface area contributed by atoms with Crippen LogP contribution in [0, 0.1) is 0 Å². The van der Waals surface area contributed by atoms with Crippen molar-refractivity contribution in [1.82, 2.24) is 26.2 Å². The topological polar surface area (TPSA) is 521 Å². The van der Waals surface area contributed by atoms with E-state index in [0.29, 0.717) is 0 Å². The normalized spacial score (nSPS) is 45.3. The number of carbonyl (C=O) groups excluding carboxylic acids is 5. The number of hydrogen-bond acceptors (Lipinski definition) is 30. The zero-order valence-corrected chi connectivity index (χ0v) is 45.6. The minimum atomic E-state index is -2.05. The molecule has 30 atom stereocenters. The van der Waals surface area contributed by atoms with Gasteiger partial charge in [-0.2, -0.15) is 0 Å². The molecule has 0 radical (unpaired) electrons. The Morgan fingerprint density at radius 1 is 0.402 bits per heavy atom. The van der Waals surface area contributed by atoms with Crippen LogP contribution in [0.3, 0.4) is 0 Å². The van der Waals surface area contributed by atoms with Gasteiger partial charge in [0.15, 0.2) is 37.7 Å². The predicted octanol–water partition coefficient (Wildman–Crippen LogP) is -12.0. The predicted molar refractivity (Wildman–Crippen MR) is 260 cm³/mol. The number of ether oxygens (including phenoxy) is 11. The Labute approximate surface area is 468 Å². The summed E-state index contributed by atoms with van der Waals surface area (Å²) in [6.07, 6.45) is -44.0. The van der Waals surface area contributed by atoms with Crippen LogP contribution in [0.2, 0.25) is 0 Å². The van der Waals surface area contributed by atoms with Crippen LogP contribution in [0.4, 0.5) is 0 Å². The molecule has 6 aliphatic heterocycles. The standard InChI is InChI=1S/C47H79N5O30/c1-13-29(62)36(69)37(70)47(73-13)72-12-23-41(31(64)24(42(71)74-23)48-14(2)57)81-45-26(50-16(4)59)33(66)39(21(10-55)77-45)79-43-25(49-15(3)58)32(65)38(20(9-54)76-43)80-44-27(51-17(5)60)34(67)40(22(11-56)78-44)82-46-28(52(7)18(6)61)35(68)30(63)19(8-53)75-46/h13,19-47,53-56,62-71H,8-12H2,1-7H3,(H,48,57)(H,49,58)(H,50,59)(H,51,60). The third-order valence-electron chi connectivity index (χ3n) is 14.9. The van der Waals surface area contributed by atoms with Crippen molar-refractivity contribution in [3.8, 4) is 0 Å². The molecule has 6 saturated heterocycles. The summed E-state index contributed by atoms with van der Waals surface area (Å²) in [4.78, 5) is 63.9. The number of aliphatic hydroxyl groups excluding tert-OH is 14. The van der Waals surface area contributed by atoms with Gasteiger partial charge in [0, 0.05) is 41.7 Å². The molecular weight excluding hydrogens is 1110 g/mol. The third kappa shape index (κ3) is 15.1. The van der Waals surface area contributed by atoms with Crippen molar-refractivity contribution in [2.45, 2.75) is 225 Å². The lowest BCUT2D eigenvalue weighted by Crippen LogP contribution is -2.72. The van der Waals surface area contributed by atoms with E-state index in [1.165, 1.54) is 14.0 Å². The molecule has 0 aliphatic carbocycles. The van der Waals surface area contributed by atoms with E-state index in [9.17, 15) is 95.5 Å². The highest BCUT2D eigenvalue weighted by Gasteiger charge is 2.58. The van der Waals surface area contributed by atoms with Gasteiger partial charge in [-0.05, 0) is 6.92 Å². The van der Waals surface area contributed by atoms with Gasteiger partial charge in [-0.1, -0.05) is 0 Å². The Morgan fingerprint density at radius 3 is 1.13 bits per heavy atom. The van der Waals surface area contributed by atoms with Crippen molar-refractivity contribution in [2.24, 2.45) is 0 Å². The fraction of sp³-hybridized carbons (Fsp3) is 0.894. The highest BCUT2D eigenvalue weighted by molar-refractivity contribution is 5.75. The molecule has 0 aromatic carbocycles. The maximum Gasteiger partial charge on any atom is 0.219 e. The first kappa shape index (κ1) is 67.5. The average Bonchev–Trinajstić information content (AvgIpc) is 2.38. The Balaban J connectivity index is 1.24. The molecule has 35 nitrogen and oxygen atoms in total. The number of likely N-dealkylation sites (N-methyl/N-ethyl adjacent to an activating group) is 1. The van der Waals surface area contributed by atoms with Crippen LogP contribution >= 0.6 is 0 Å². The summed E-state index contributed by atoms with van der Waals surface area (Å²) >= 11 is 0. The minimum Gasteiger partial charge on any atom is -0.394 e. The quantitative estimate of drug-likeness (QED) is 0.0538. The van der Waals surface area contributed by atoms with Crippen LogP contribution in [-0.4, -0.2) is 330 Å². The van der Waals surface area contributed by atoms with E-state index in [-0.39, 0.29) is 0 Å². The fourth-order valence-corrected chi connectivity index (χ4v) is 10.6. The molecular formula is C47H79N5O30. The molecule has 6 heterocycles. The lowest BCUT2D eigenvalue weighted by Gasteiger charge is -2.51. The third-order valence-corrected chi connectivity index (χ3v) is 14.9. The summed E-state index contributed by atoms with van der Waals surface area (Å²) in [7, 11) is 1.24. The molecule has 6 rings (SSSR count). The molecule has 0 saturated carbocycles. The SMILES string of the molecule is CC(=O)NC1C(O)OC(COC2OC(C)C(O)C(O)C2O)C(OC2OC(CO)C(OC3OC(CO)C(OC4OC(CO)C(OC5OC(CO)C(O)C(O)C5N(C)C(C)=O)C(O)C4NC(C)=O)C(O)C3NC(C)=O)C(O)C2NC(C)=O)C1O. The lowest BCUT2D eigenvalue weighted by atomic mass is 9.93. The Morgan fingerprint density at radius 2 is 0.756 bits per heavy atom. The molecule has 82 heavy (non-hydrogen) atoms. The van der Waals surface area contributed by atoms with Gasteiger partial charge in [0.2, 0.25) is 29.5 Å². The van der Waals surface area contributed by atoms with Crippen molar-refractivity contribution in [3.63, 3.8) is 0 Å². The maximum absolute atomic E-state index is 12.8. The zero-order valence-electron chi connectivity index (χ0n) is 45.6. The van der Waals surface area contributed by atoms with Gasteiger partial charge in [0.25, 0.3) is 0 Å². The number of nitrogens with zero attached hydrogens (tertiary/aromatic N) is 1. The van der Waals surface area contributed by atoms with Crippen molar-refractivity contribution in [1.29, 1.82) is 0 Å². The Kier molecular flexibility index (Phi) is 24.0. The van der Waals surface area contributed by atoms with Crippen molar-refractivity contribution < 1.29 is 148 Å². The number of carbonyl (C=O) groups is 5. The number of rotatable bonds is 20. The van der Waals surface area contributed by atoms with Crippen LogP contribution < -0.4 is 21.3 Å². The molecule has 0 aromatic rings. The molecule has 35 heteroatoms. The van der Waals surface area contributed by atoms with Crippen LogP contribution in [0.5, 0.6) is 0 Å². The fourth-order valence-electron chi connectivity index (χ4n) is 10.6. The molecule has 18 N–H and O–H groups in total. The average molecular weight is 1190 g/mol. The van der Waals surface area contributed by atoms with Crippen molar-refractivity contribution in [3.05, 3.63) is 0 Å². The molecule has 0 aromatic heterocycles. The second kappa shape index (κ2) is 29.2. The monoisotopic (exact) mass is 1190 g/mol. The molecule has 0 bridgehead atoms. The first-order valence-electron chi connectivity index (χ1n) is 26.3. The zero-order chi connectivity index (χ0) is 60.9. The van der Waals surface area contributed by atoms with Gasteiger partial charge in [-0.25, -0.2) is 0 Å². The van der Waals surface area contributed by atoms with E-state index in [2.05, 4.69) is 21.3 Å². The van der Waals surface area contributed by atoms with Gasteiger partial charge in [-0.3, -0.25) is 24.0 Å². The van der Waals surface area contributed by atoms with E-state index in [0.717, 1.165) is 39.5 Å². The van der Waals surface area contributed by atoms with E-state index in [4.69, 9.17) is 52.1 Å². The second-order valence-corrected chi connectivity index (χ2v) is 20.9. The van der Waals surface area contributed by atoms with Gasteiger partial charge in [0.1, 0.15) is 140 Å². The van der Waals surface area contributed by atoms with Gasteiger partial charge < -0.3 is 150 Å². The number of aliphatic hydroxyl groups is 14. The van der Waals surface area contributed by atoms with E-state index in [1.807, 2.05) is 0 Å². The van der Waals surface area contributed by atoms with Gasteiger partial charge in [-0.15, -0.1) is 0 Å². The summed E-state index contributed by atoms with van der Waals surface area (Å²) in [5.74, 6) is -3.86. The molecule has 0 spiro atoms. The van der Waals surface area contributed by atoms with Crippen LogP contribution in [0.1, 0.15) is 41.5 Å². The summed E-state index contributed by atoms with van der Waals surface area (Å²) < 4.78 is 65.2. The number of amides is 5. The molecule has 5 amide bonds. The maximum atomic E-state index is 12.8. The number of nitrogens with one attached hydrogen (secondary N) is 4. The molecule has 6 fully saturated rings. The van der Waals surface area contributed by atoms with E-state index in [1.54, 1.807) is 0 Å². The Bertz CT molecular complexity index is 2130. The molecule has 472 valence electrons. The van der Waals surface area contributed by atoms with Crippen LogP contribution in [-0.2, 0) is 76.1 Å². The van der Waals surface area contributed by atoms with Crippen LogP contribution in [0.25, 0.3) is 0 Å². The number of hydrogen-bond donors (Lipinski definition) is 18. The van der Waals surface area contributed by atoms with Gasteiger partial charge >= 0.3 is 0 Å². The van der Waals surface area contributed by atoms with Crippen LogP contribution in [0.15, 0.2) is 0 Å². The highest BCUT2D eigenvalue weighted by atomic mass is 16.8.